The summed E-state index contributed by atoms with van der Waals surface area (Å²) in [6.07, 6.45) is 0. The van der Waals surface area contributed by atoms with Gasteiger partial charge in [-0.15, -0.1) is 0 Å². The van der Waals surface area contributed by atoms with E-state index in [4.69, 9.17) is 0 Å². The molecule has 1 aromatic carbocycles. The van der Waals surface area contributed by atoms with Crippen LogP contribution in [0.25, 0.3) is 5.30 Å². The molecular weight excluding hydrogens is 175 g/mol. The first-order valence-electron chi connectivity index (χ1n) is 4.48. The summed E-state index contributed by atoms with van der Waals surface area (Å²) in [7, 11) is -0.130. The molecule has 0 saturated carbocycles. The Balaban J connectivity index is 2.49. The first-order chi connectivity index (χ1) is 6.27. The molecule has 0 spiro atoms. The third-order valence-electron chi connectivity index (χ3n) is 2.39. The average Bonchev–Trinajstić information content (AvgIpc) is 2.62. The second kappa shape index (κ2) is 3.40. The van der Waals surface area contributed by atoms with Crippen LogP contribution >= 0.6 is 7.53 Å². The molecule has 0 aliphatic rings. The van der Waals surface area contributed by atoms with Gasteiger partial charge in [-0.05, 0) is 47.9 Å². The van der Waals surface area contributed by atoms with Crippen LogP contribution in [0.4, 0.5) is 0 Å². The lowest BCUT2D eigenvalue weighted by molar-refractivity contribution is 1.35. The summed E-state index contributed by atoms with van der Waals surface area (Å²) in [4.78, 5) is 0. The van der Waals surface area contributed by atoms with E-state index in [0.29, 0.717) is 0 Å². The van der Waals surface area contributed by atoms with E-state index in [1.807, 2.05) is 0 Å². The predicted octanol–water partition coefficient (Wildman–Crippen LogP) is 4.28. The Morgan fingerprint density at radius 1 is 0.923 bits per heavy atom. The first kappa shape index (κ1) is 8.59. The lowest BCUT2D eigenvalue weighted by Crippen LogP contribution is -1.78. The summed E-state index contributed by atoms with van der Waals surface area (Å²) >= 11 is 0. The first-order valence-corrected chi connectivity index (χ1v) is 5.96. The van der Waals surface area contributed by atoms with Crippen LogP contribution in [0.2, 0.25) is 0 Å². The van der Waals surface area contributed by atoms with Gasteiger partial charge in [0, 0.05) is 0 Å². The van der Waals surface area contributed by atoms with Crippen molar-refractivity contribution in [1.82, 2.24) is 0 Å². The SMILES string of the molecule is Cc1ccc(-p2cccc2)cc1C. The van der Waals surface area contributed by atoms with E-state index in [0.717, 1.165) is 0 Å². The molecule has 0 unspecified atom stereocenters. The molecule has 13 heavy (non-hydrogen) atoms. The van der Waals surface area contributed by atoms with Gasteiger partial charge in [0.15, 0.2) is 0 Å². The highest BCUT2D eigenvalue weighted by Gasteiger charge is 1.97. The minimum Gasteiger partial charge on any atom is -0.0934 e. The minimum absolute atomic E-state index is 0.130. The van der Waals surface area contributed by atoms with Crippen molar-refractivity contribution in [3.05, 3.63) is 53.1 Å². The zero-order chi connectivity index (χ0) is 9.26. The van der Waals surface area contributed by atoms with Gasteiger partial charge in [0.1, 0.15) is 0 Å². The van der Waals surface area contributed by atoms with Crippen LogP contribution in [-0.2, 0) is 0 Å². The van der Waals surface area contributed by atoms with Crippen molar-refractivity contribution in [3.63, 3.8) is 0 Å². The van der Waals surface area contributed by atoms with Gasteiger partial charge in [-0.25, -0.2) is 0 Å². The van der Waals surface area contributed by atoms with Gasteiger partial charge in [0.05, 0.1) is 0 Å². The van der Waals surface area contributed by atoms with Crippen molar-refractivity contribution in [2.45, 2.75) is 13.8 Å². The quantitative estimate of drug-likeness (QED) is 0.626. The third kappa shape index (κ3) is 1.68. The minimum atomic E-state index is -0.130. The van der Waals surface area contributed by atoms with E-state index in [9.17, 15) is 0 Å². The zero-order valence-electron chi connectivity index (χ0n) is 7.99. The molecule has 0 aliphatic heterocycles. The molecule has 0 fully saturated rings. The molecule has 0 N–H and O–H groups in total. The maximum atomic E-state index is 2.31. The molecule has 0 aliphatic carbocycles. The number of hydrogen-bond acceptors (Lipinski definition) is 0. The van der Waals surface area contributed by atoms with Gasteiger partial charge in [-0.1, -0.05) is 31.8 Å². The van der Waals surface area contributed by atoms with Crippen LogP contribution in [0, 0.1) is 13.8 Å². The Kier molecular flexibility index (Phi) is 2.24. The fourth-order valence-corrected chi connectivity index (χ4v) is 3.00. The van der Waals surface area contributed by atoms with E-state index in [-0.39, 0.29) is 7.53 Å². The zero-order valence-corrected chi connectivity index (χ0v) is 8.88. The fraction of sp³-hybridized carbons (Fsp3) is 0.167. The van der Waals surface area contributed by atoms with E-state index in [1.165, 1.54) is 16.4 Å². The Morgan fingerprint density at radius 2 is 1.62 bits per heavy atom. The number of aryl methyl sites for hydroxylation is 2. The van der Waals surface area contributed by atoms with Gasteiger partial charge < -0.3 is 0 Å². The number of benzene rings is 1. The molecule has 0 saturated heterocycles. The van der Waals surface area contributed by atoms with Crippen LogP contribution in [0.3, 0.4) is 0 Å². The van der Waals surface area contributed by atoms with Crippen LogP contribution in [0.1, 0.15) is 11.1 Å². The Labute approximate surface area is 80.3 Å². The monoisotopic (exact) mass is 188 g/mol. The van der Waals surface area contributed by atoms with Gasteiger partial charge >= 0.3 is 0 Å². The summed E-state index contributed by atoms with van der Waals surface area (Å²) in [5, 5.41) is 1.46. The lowest BCUT2D eigenvalue weighted by atomic mass is 10.1. The Hall–Kier alpha value is -1.00. The van der Waals surface area contributed by atoms with E-state index >= 15 is 0 Å². The van der Waals surface area contributed by atoms with E-state index in [1.54, 1.807) is 0 Å². The smallest absolute Gasteiger partial charge is 0.00191 e. The van der Waals surface area contributed by atoms with E-state index in [2.05, 4.69) is 55.8 Å². The van der Waals surface area contributed by atoms with Gasteiger partial charge in [0.2, 0.25) is 0 Å². The molecule has 0 nitrogen and oxygen atoms in total. The summed E-state index contributed by atoms with van der Waals surface area (Å²) in [5.41, 5.74) is 2.78. The molecule has 1 aromatic heterocycles. The van der Waals surface area contributed by atoms with E-state index < -0.39 is 0 Å². The second-order valence-corrected chi connectivity index (χ2v) is 5.29. The van der Waals surface area contributed by atoms with Crippen LogP contribution in [0.5, 0.6) is 0 Å². The van der Waals surface area contributed by atoms with Crippen LogP contribution < -0.4 is 0 Å². The summed E-state index contributed by atoms with van der Waals surface area (Å²) in [5.74, 6) is 4.58. The molecule has 0 bridgehead atoms. The normalized spacial score (nSPS) is 10.3. The van der Waals surface area contributed by atoms with Crippen molar-refractivity contribution in [3.8, 4) is 5.30 Å². The Bertz CT molecular complexity index is 399. The maximum absolute atomic E-state index is 2.31. The highest BCUT2D eigenvalue weighted by molar-refractivity contribution is 7.56. The number of hydrogen-bond donors (Lipinski definition) is 0. The van der Waals surface area contributed by atoms with Crippen molar-refractivity contribution < 1.29 is 0 Å². The molecule has 0 amide bonds. The highest BCUT2D eigenvalue weighted by Crippen LogP contribution is 2.39. The molecule has 1 heteroatoms. The summed E-state index contributed by atoms with van der Waals surface area (Å²) < 4.78 is 0. The molecule has 1 heterocycles. The molecule has 0 atom stereocenters. The fourth-order valence-electron chi connectivity index (χ4n) is 1.39. The molecule has 66 valence electrons. The molecular formula is C12H13P. The van der Waals surface area contributed by atoms with Gasteiger partial charge in [-0.3, -0.25) is 0 Å². The topological polar surface area (TPSA) is 0 Å². The average molecular weight is 188 g/mol. The standard InChI is InChI=1S/C12H13P/c1-10-5-6-12(9-11(10)2)13-7-3-4-8-13/h3-9H,1-2H3. The van der Waals surface area contributed by atoms with Crippen LogP contribution in [0.15, 0.2) is 41.9 Å². The molecule has 0 radical (unpaired) electrons. The third-order valence-corrected chi connectivity index (χ3v) is 4.25. The molecule has 2 rings (SSSR count). The summed E-state index contributed by atoms with van der Waals surface area (Å²) in [6, 6.07) is 11.0. The van der Waals surface area contributed by atoms with Crippen molar-refractivity contribution in [1.29, 1.82) is 0 Å². The number of rotatable bonds is 1. The van der Waals surface area contributed by atoms with Crippen molar-refractivity contribution in [2.75, 3.05) is 0 Å². The Morgan fingerprint density at radius 3 is 2.23 bits per heavy atom. The lowest BCUT2D eigenvalue weighted by Gasteiger charge is -2.03. The van der Waals surface area contributed by atoms with Gasteiger partial charge in [-0.2, -0.15) is 0 Å². The predicted molar refractivity (Wildman–Crippen MR) is 60.0 cm³/mol. The van der Waals surface area contributed by atoms with Crippen LogP contribution in [-0.4, -0.2) is 0 Å². The summed E-state index contributed by atoms with van der Waals surface area (Å²) in [6.45, 7) is 4.34. The molecule has 2 aromatic rings. The largest absolute Gasteiger partial charge is 0.0934 e. The highest BCUT2D eigenvalue weighted by atomic mass is 31.1. The van der Waals surface area contributed by atoms with Crippen molar-refractivity contribution in [2.24, 2.45) is 0 Å². The van der Waals surface area contributed by atoms with Gasteiger partial charge in [0.25, 0.3) is 0 Å². The maximum Gasteiger partial charge on any atom is -0.00191 e. The van der Waals surface area contributed by atoms with Crippen molar-refractivity contribution >= 4 is 7.53 Å². The second-order valence-electron chi connectivity index (χ2n) is 3.36.